The summed E-state index contributed by atoms with van der Waals surface area (Å²) in [5, 5.41) is 9.03. The molecule has 0 aliphatic carbocycles. The van der Waals surface area contributed by atoms with Crippen LogP contribution in [0.25, 0.3) is 5.95 Å². The van der Waals surface area contributed by atoms with Crippen LogP contribution in [0.3, 0.4) is 0 Å². The second-order valence-corrected chi connectivity index (χ2v) is 4.17. The average Bonchev–Trinajstić information content (AvgIpc) is 2.93. The van der Waals surface area contributed by atoms with Crippen molar-refractivity contribution in [3.8, 4) is 5.95 Å². The number of hydrogen-bond acceptors (Lipinski definition) is 6. The predicted octanol–water partition coefficient (Wildman–Crippen LogP) is 0.919. The first-order chi connectivity index (χ1) is 9.24. The second-order valence-electron chi connectivity index (χ2n) is 3.83. The molecule has 2 aromatic rings. The minimum Gasteiger partial charge on any atom is -0.396 e. The van der Waals surface area contributed by atoms with Crippen LogP contribution in [0.2, 0.25) is 5.28 Å². The third-order valence-corrected chi connectivity index (χ3v) is 2.74. The summed E-state index contributed by atoms with van der Waals surface area (Å²) in [6.07, 6.45) is 5.62. The standard InChI is InChI=1S/C11H15ClN6O/c1-2-17(5-3-7-19)10-14-9(12)15-11(16-10)18-6-4-13-8-18/h4,6,8,19H,2-3,5,7H2,1H3. The molecule has 0 aliphatic heterocycles. The number of anilines is 1. The lowest BCUT2D eigenvalue weighted by atomic mass is 10.4. The molecule has 0 fully saturated rings. The van der Waals surface area contributed by atoms with Crippen molar-refractivity contribution in [1.82, 2.24) is 24.5 Å². The van der Waals surface area contributed by atoms with Crippen molar-refractivity contribution >= 4 is 17.5 Å². The Balaban J connectivity index is 2.30. The van der Waals surface area contributed by atoms with Crippen LogP contribution in [0.15, 0.2) is 18.7 Å². The number of hydrogen-bond donors (Lipinski definition) is 1. The molecular formula is C11H15ClN6O. The van der Waals surface area contributed by atoms with Gasteiger partial charge in [-0.25, -0.2) is 4.98 Å². The van der Waals surface area contributed by atoms with E-state index in [-0.39, 0.29) is 11.9 Å². The summed E-state index contributed by atoms with van der Waals surface area (Å²) < 4.78 is 1.66. The largest absolute Gasteiger partial charge is 0.396 e. The zero-order chi connectivity index (χ0) is 13.7. The summed E-state index contributed by atoms with van der Waals surface area (Å²) in [4.78, 5) is 18.4. The van der Waals surface area contributed by atoms with E-state index in [9.17, 15) is 0 Å². The molecular weight excluding hydrogens is 268 g/mol. The molecule has 0 aliphatic rings. The molecule has 0 atom stereocenters. The number of imidazole rings is 1. The highest BCUT2D eigenvalue weighted by atomic mass is 35.5. The molecule has 2 heterocycles. The van der Waals surface area contributed by atoms with Gasteiger partial charge in [0.05, 0.1) is 0 Å². The molecule has 8 heteroatoms. The average molecular weight is 283 g/mol. The zero-order valence-corrected chi connectivity index (χ0v) is 11.3. The molecule has 0 spiro atoms. The summed E-state index contributed by atoms with van der Waals surface area (Å²) in [5.41, 5.74) is 0. The van der Waals surface area contributed by atoms with E-state index in [0.29, 0.717) is 24.9 Å². The lowest BCUT2D eigenvalue weighted by molar-refractivity contribution is 0.289. The van der Waals surface area contributed by atoms with Gasteiger partial charge in [-0.15, -0.1) is 0 Å². The number of aromatic nitrogens is 5. The van der Waals surface area contributed by atoms with Crippen LogP contribution in [0.1, 0.15) is 13.3 Å². The summed E-state index contributed by atoms with van der Waals surface area (Å²) >= 11 is 5.93. The van der Waals surface area contributed by atoms with Gasteiger partial charge >= 0.3 is 0 Å². The Labute approximate surface area is 115 Å². The molecule has 2 aromatic heterocycles. The van der Waals surface area contributed by atoms with Gasteiger partial charge in [0.15, 0.2) is 0 Å². The molecule has 0 bridgehead atoms. The molecule has 0 saturated carbocycles. The Bertz CT molecular complexity index is 518. The third-order valence-electron chi connectivity index (χ3n) is 2.57. The zero-order valence-electron chi connectivity index (χ0n) is 10.6. The fourth-order valence-electron chi connectivity index (χ4n) is 1.62. The molecule has 19 heavy (non-hydrogen) atoms. The Morgan fingerprint density at radius 2 is 2.21 bits per heavy atom. The number of aliphatic hydroxyl groups is 1. The molecule has 102 valence electrons. The smallest absolute Gasteiger partial charge is 0.241 e. The van der Waals surface area contributed by atoms with E-state index in [4.69, 9.17) is 16.7 Å². The van der Waals surface area contributed by atoms with Crippen LogP contribution < -0.4 is 4.90 Å². The Hall–Kier alpha value is -1.73. The number of halogens is 1. The maximum absolute atomic E-state index is 8.90. The highest BCUT2D eigenvalue weighted by molar-refractivity contribution is 6.28. The first kappa shape index (κ1) is 13.7. The Morgan fingerprint density at radius 1 is 1.37 bits per heavy atom. The van der Waals surface area contributed by atoms with Gasteiger partial charge < -0.3 is 10.0 Å². The third kappa shape index (κ3) is 3.39. The van der Waals surface area contributed by atoms with Gasteiger partial charge in [-0.3, -0.25) is 4.57 Å². The molecule has 1 N–H and O–H groups in total. The van der Waals surface area contributed by atoms with Crippen LogP contribution >= 0.6 is 11.6 Å². The van der Waals surface area contributed by atoms with E-state index in [2.05, 4.69) is 19.9 Å². The number of aliphatic hydroxyl groups excluding tert-OH is 1. The van der Waals surface area contributed by atoms with Crippen molar-refractivity contribution in [1.29, 1.82) is 0 Å². The summed E-state index contributed by atoms with van der Waals surface area (Å²) in [5.74, 6) is 0.926. The van der Waals surface area contributed by atoms with Crippen molar-refractivity contribution in [2.45, 2.75) is 13.3 Å². The minimum atomic E-state index is 0.129. The maximum Gasteiger partial charge on any atom is 0.241 e. The van der Waals surface area contributed by atoms with Crippen LogP contribution in [0.4, 0.5) is 5.95 Å². The van der Waals surface area contributed by atoms with Gasteiger partial charge in [0.25, 0.3) is 0 Å². The first-order valence-electron chi connectivity index (χ1n) is 6.00. The van der Waals surface area contributed by atoms with E-state index in [1.165, 1.54) is 0 Å². The molecule has 0 radical (unpaired) electrons. The minimum absolute atomic E-state index is 0.129. The van der Waals surface area contributed by atoms with E-state index in [1.807, 2.05) is 11.8 Å². The van der Waals surface area contributed by atoms with Crippen LogP contribution in [-0.2, 0) is 0 Å². The van der Waals surface area contributed by atoms with Crippen molar-refractivity contribution < 1.29 is 5.11 Å². The van der Waals surface area contributed by atoms with Crippen molar-refractivity contribution in [2.24, 2.45) is 0 Å². The molecule has 2 rings (SSSR count). The Morgan fingerprint density at radius 3 is 2.84 bits per heavy atom. The van der Waals surface area contributed by atoms with Gasteiger partial charge in [0, 0.05) is 32.1 Å². The number of rotatable bonds is 6. The quantitative estimate of drug-likeness (QED) is 0.849. The fourth-order valence-corrected chi connectivity index (χ4v) is 1.78. The summed E-state index contributed by atoms with van der Waals surface area (Å²) in [6.45, 7) is 3.51. The van der Waals surface area contributed by atoms with Crippen LogP contribution in [-0.4, -0.2) is 49.3 Å². The first-order valence-corrected chi connectivity index (χ1v) is 6.38. The van der Waals surface area contributed by atoms with Crippen molar-refractivity contribution in [2.75, 3.05) is 24.6 Å². The van der Waals surface area contributed by atoms with Crippen molar-refractivity contribution in [3.05, 3.63) is 24.0 Å². The summed E-state index contributed by atoms with van der Waals surface area (Å²) in [7, 11) is 0. The molecule has 7 nitrogen and oxygen atoms in total. The number of nitrogens with zero attached hydrogens (tertiary/aromatic N) is 6. The van der Waals surface area contributed by atoms with E-state index in [1.54, 1.807) is 23.3 Å². The highest BCUT2D eigenvalue weighted by Crippen LogP contribution is 2.13. The lowest BCUT2D eigenvalue weighted by Gasteiger charge is -2.20. The molecule has 0 saturated heterocycles. The highest BCUT2D eigenvalue weighted by Gasteiger charge is 2.12. The van der Waals surface area contributed by atoms with E-state index < -0.39 is 0 Å². The van der Waals surface area contributed by atoms with Gasteiger partial charge in [0.2, 0.25) is 17.2 Å². The normalized spacial score (nSPS) is 10.7. The van der Waals surface area contributed by atoms with Gasteiger partial charge in [0.1, 0.15) is 6.33 Å². The topological polar surface area (TPSA) is 80.0 Å². The SMILES string of the molecule is CCN(CCCO)c1nc(Cl)nc(-n2ccnc2)n1. The molecule has 0 unspecified atom stereocenters. The monoisotopic (exact) mass is 282 g/mol. The van der Waals surface area contributed by atoms with Gasteiger partial charge in [-0.1, -0.05) is 0 Å². The summed E-state index contributed by atoms with van der Waals surface area (Å²) in [6, 6.07) is 0. The fraction of sp³-hybridized carbons (Fsp3) is 0.455. The van der Waals surface area contributed by atoms with Crippen LogP contribution in [0, 0.1) is 0 Å². The van der Waals surface area contributed by atoms with Crippen LogP contribution in [0.5, 0.6) is 0 Å². The Kier molecular flexibility index (Phi) is 4.64. The second kappa shape index (κ2) is 6.44. The van der Waals surface area contributed by atoms with E-state index in [0.717, 1.165) is 6.54 Å². The van der Waals surface area contributed by atoms with E-state index >= 15 is 0 Å². The molecule has 0 amide bonds. The van der Waals surface area contributed by atoms with Gasteiger partial charge in [-0.2, -0.15) is 15.0 Å². The maximum atomic E-state index is 8.90. The van der Waals surface area contributed by atoms with Crippen molar-refractivity contribution in [3.63, 3.8) is 0 Å². The van der Waals surface area contributed by atoms with Gasteiger partial charge in [-0.05, 0) is 24.9 Å². The lowest BCUT2D eigenvalue weighted by Crippen LogP contribution is -2.27. The molecule has 0 aromatic carbocycles. The predicted molar refractivity (Wildman–Crippen MR) is 71.5 cm³/mol.